The zero-order chi connectivity index (χ0) is 26.4. The van der Waals surface area contributed by atoms with E-state index in [2.05, 4.69) is 15.5 Å². The number of ether oxygens (including phenoxy) is 2. The van der Waals surface area contributed by atoms with Crippen LogP contribution >= 0.6 is 23.1 Å². The maximum Gasteiger partial charge on any atom is 0.341 e. The standard InChI is InChI=1S/C24H29N5O5S2/c1-7-29-20(15(3)34-16-11-9-8-10-12-16)26-27-24(29)35-13-17(30)25-21-18(23(32)33-6)14(2)19(36-21)22(31)28(4)5/h8-12,15H,7,13H2,1-6H3,(H,25,30). The Morgan fingerprint density at radius 3 is 2.50 bits per heavy atom. The number of esters is 1. The second-order valence-electron chi connectivity index (χ2n) is 7.95. The summed E-state index contributed by atoms with van der Waals surface area (Å²) in [6.45, 7) is 6.12. The molecule has 192 valence electrons. The van der Waals surface area contributed by atoms with Gasteiger partial charge in [-0.25, -0.2) is 4.79 Å². The number of methoxy groups -OCH3 is 1. The van der Waals surface area contributed by atoms with Crippen LogP contribution in [0, 0.1) is 6.92 Å². The van der Waals surface area contributed by atoms with Crippen LogP contribution in [0.5, 0.6) is 5.75 Å². The number of carbonyl (C=O) groups excluding carboxylic acids is 3. The highest BCUT2D eigenvalue weighted by atomic mass is 32.2. The Bertz CT molecular complexity index is 1240. The Hall–Kier alpha value is -3.38. The number of thioether (sulfide) groups is 1. The third kappa shape index (κ3) is 6.05. The first-order valence-corrected chi connectivity index (χ1v) is 13.0. The van der Waals surface area contributed by atoms with Crippen molar-refractivity contribution in [3.63, 3.8) is 0 Å². The summed E-state index contributed by atoms with van der Waals surface area (Å²) in [5, 5.41) is 12.1. The van der Waals surface area contributed by atoms with Gasteiger partial charge in [-0.15, -0.1) is 21.5 Å². The van der Waals surface area contributed by atoms with Gasteiger partial charge >= 0.3 is 5.97 Å². The van der Waals surface area contributed by atoms with Crippen molar-refractivity contribution in [2.75, 3.05) is 32.3 Å². The molecule has 1 N–H and O–H groups in total. The van der Waals surface area contributed by atoms with Crippen LogP contribution in [-0.2, 0) is 16.1 Å². The summed E-state index contributed by atoms with van der Waals surface area (Å²) in [7, 11) is 4.50. The molecule has 36 heavy (non-hydrogen) atoms. The normalized spacial score (nSPS) is 11.6. The van der Waals surface area contributed by atoms with Crippen molar-refractivity contribution < 1.29 is 23.9 Å². The van der Waals surface area contributed by atoms with Gasteiger partial charge in [0.25, 0.3) is 5.91 Å². The lowest BCUT2D eigenvalue weighted by atomic mass is 10.1. The van der Waals surface area contributed by atoms with Crippen molar-refractivity contribution in [1.82, 2.24) is 19.7 Å². The van der Waals surface area contributed by atoms with Gasteiger partial charge < -0.3 is 24.3 Å². The molecule has 2 heterocycles. The zero-order valence-corrected chi connectivity index (χ0v) is 22.7. The summed E-state index contributed by atoms with van der Waals surface area (Å²) in [5.41, 5.74) is 0.647. The van der Waals surface area contributed by atoms with E-state index in [1.807, 2.05) is 48.7 Å². The molecule has 0 aliphatic carbocycles. The fraction of sp³-hybridized carbons (Fsp3) is 0.375. The van der Waals surface area contributed by atoms with E-state index in [9.17, 15) is 14.4 Å². The molecular formula is C24H29N5O5S2. The Morgan fingerprint density at radius 1 is 1.19 bits per heavy atom. The number of thiophene rings is 1. The number of hydrogen-bond donors (Lipinski definition) is 1. The number of para-hydroxylation sites is 1. The molecule has 0 spiro atoms. The summed E-state index contributed by atoms with van der Waals surface area (Å²) >= 11 is 2.27. The van der Waals surface area contributed by atoms with E-state index in [4.69, 9.17) is 9.47 Å². The number of benzene rings is 1. The van der Waals surface area contributed by atoms with Crippen LogP contribution in [0.25, 0.3) is 0 Å². The molecule has 12 heteroatoms. The quantitative estimate of drug-likeness (QED) is 0.308. The number of rotatable bonds is 10. The summed E-state index contributed by atoms with van der Waals surface area (Å²) in [4.78, 5) is 39.5. The summed E-state index contributed by atoms with van der Waals surface area (Å²) in [6.07, 6.45) is -0.340. The average molecular weight is 532 g/mol. The van der Waals surface area contributed by atoms with Crippen molar-refractivity contribution in [3.05, 3.63) is 52.2 Å². The van der Waals surface area contributed by atoms with Crippen LogP contribution in [0.15, 0.2) is 35.5 Å². The molecule has 0 aliphatic rings. The van der Waals surface area contributed by atoms with Crippen molar-refractivity contribution in [2.45, 2.75) is 38.6 Å². The van der Waals surface area contributed by atoms with Crippen LogP contribution in [0.1, 0.15) is 51.4 Å². The second-order valence-corrected chi connectivity index (χ2v) is 9.91. The van der Waals surface area contributed by atoms with E-state index in [-0.39, 0.29) is 34.2 Å². The van der Waals surface area contributed by atoms with Gasteiger partial charge in [-0.3, -0.25) is 9.59 Å². The van der Waals surface area contributed by atoms with E-state index in [1.165, 1.54) is 23.8 Å². The largest absolute Gasteiger partial charge is 0.483 e. The van der Waals surface area contributed by atoms with Gasteiger partial charge in [-0.05, 0) is 38.5 Å². The first-order chi connectivity index (χ1) is 17.2. The Kier molecular flexibility index (Phi) is 9.10. The van der Waals surface area contributed by atoms with Crippen molar-refractivity contribution in [2.24, 2.45) is 0 Å². The molecule has 1 aromatic carbocycles. The van der Waals surface area contributed by atoms with Gasteiger partial charge in [-0.2, -0.15) is 0 Å². The number of anilines is 1. The molecule has 3 rings (SSSR count). The van der Waals surface area contributed by atoms with E-state index >= 15 is 0 Å². The van der Waals surface area contributed by atoms with Crippen molar-refractivity contribution in [3.8, 4) is 5.75 Å². The molecule has 0 saturated carbocycles. The van der Waals surface area contributed by atoms with E-state index in [0.29, 0.717) is 28.0 Å². The maximum absolute atomic E-state index is 12.8. The minimum Gasteiger partial charge on any atom is -0.483 e. The molecule has 1 atom stereocenters. The highest BCUT2D eigenvalue weighted by Gasteiger charge is 2.27. The van der Waals surface area contributed by atoms with Crippen LogP contribution < -0.4 is 10.1 Å². The highest BCUT2D eigenvalue weighted by Crippen LogP contribution is 2.34. The van der Waals surface area contributed by atoms with E-state index < -0.39 is 5.97 Å². The molecule has 2 amide bonds. The fourth-order valence-electron chi connectivity index (χ4n) is 3.41. The number of nitrogens with zero attached hydrogens (tertiary/aromatic N) is 4. The molecule has 0 aliphatic heterocycles. The second kappa shape index (κ2) is 12.0. The van der Waals surface area contributed by atoms with Crippen molar-refractivity contribution >= 4 is 45.9 Å². The Morgan fingerprint density at radius 2 is 1.89 bits per heavy atom. The average Bonchev–Trinajstić information content (AvgIpc) is 3.42. The maximum atomic E-state index is 12.8. The van der Waals surface area contributed by atoms with Crippen molar-refractivity contribution in [1.29, 1.82) is 0 Å². The van der Waals surface area contributed by atoms with Crippen LogP contribution in [0.3, 0.4) is 0 Å². The van der Waals surface area contributed by atoms with Crippen LogP contribution in [0.4, 0.5) is 5.00 Å². The minimum absolute atomic E-state index is 0.0284. The molecule has 0 fully saturated rings. The molecule has 3 aromatic rings. The van der Waals surface area contributed by atoms with Gasteiger partial charge in [0.15, 0.2) is 17.1 Å². The Labute approximate surface area is 218 Å². The molecular weight excluding hydrogens is 502 g/mol. The smallest absolute Gasteiger partial charge is 0.341 e. The Balaban J connectivity index is 1.73. The van der Waals surface area contributed by atoms with E-state index in [1.54, 1.807) is 21.0 Å². The topological polar surface area (TPSA) is 116 Å². The number of amides is 2. The minimum atomic E-state index is -0.618. The zero-order valence-electron chi connectivity index (χ0n) is 21.0. The van der Waals surface area contributed by atoms with Gasteiger partial charge in [0.2, 0.25) is 5.91 Å². The number of hydrogen-bond acceptors (Lipinski definition) is 9. The molecule has 1 unspecified atom stereocenters. The molecule has 2 aromatic heterocycles. The van der Waals surface area contributed by atoms with Gasteiger partial charge in [0.1, 0.15) is 10.8 Å². The van der Waals surface area contributed by atoms with Crippen LogP contribution in [-0.4, -0.2) is 64.4 Å². The summed E-state index contributed by atoms with van der Waals surface area (Å²) < 4.78 is 12.7. The lowest BCUT2D eigenvalue weighted by Crippen LogP contribution is -2.21. The molecule has 0 bridgehead atoms. The van der Waals surface area contributed by atoms with Crippen LogP contribution in [0.2, 0.25) is 0 Å². The van der Waals surface area contributed by atoms with Gasteiger partial charge in [0.05, 0.1) is 23.3 Å². The number of nitrogens with one attached hydrogen (secondary N) is 1. The lowest BCUT2D eigenvalue weighted by Gasteiger charge is -2.15. The monoisotopic (exact) mass is 531 g/mol. The predicted molar refractivity (Wildman–Crippen MR) is 139 cm³/mol. The molecule has 10 nitrogen and oxygen atoms in total. The SMILES string of the molecule is CCn1c(SCC(=O)Nc2sc(C(=O)N(C)C)c(C)c2C(=O)OC)nnc1C(C)Oc1ccccc1. The molecule has 0 saturated heterocycles. The fourth-order valence-corrected chi connectivity index (χ4v) is 5.45. The summed E-state index contributed by atoms with van der Waals surface area (Å²) in [6, 6.07) is 9.45. The van der Waals surface area contributed by atoms with Gasteiger partial charge in [0, 0.05) is 20.6 Å². The summed E-state index contributed by atoms with van der Waals surface area (Å²) in [5.74, 6) is 0.179. The number of aromatic nitrogens is 3. The third-order valence-corrected chi connectivity index (χ3v) is 7.37. The lowest BCUT2D eigenvalue weighted by molar-refractivity contribution is -0.113. The molecule has 0 radical (unpaired) electrons. The van der Waals surface area contributed by atoms with E-state index in [0.717, 1.165) is 17.1 Å². The number of carbonyl (C=O) groups is 3. The third-order valence-electron chi connectivity index (χ3n) is 5.20. The van der Waals surface area contributed by atoms with Gasteiger partial charge in [-0.1, -0.05) is 30.0 Å². The first-order valence-electron chi connectivity index (χ1n) is 11.2. The predicted octanol–water partition coefficient (Wildman–Crippen LogP) is 4.03. The highest BCUT2D eigenvalue weighted by molar-refractivity contribution is 7.99. The first kappa shape index (κ1) is 27.2.